The van der Waals surface area contributed by atoms with Gasteiger partial charge in [-0.05, 0) is 56.0 Å². The van der Waals surface area contributed by atoms with E-state index in [1.807, 2.05) is 0 Å². The Morgan fingerprint density at radius 3 is 2.72 bits per heavy atom. The van der Waals surface area contributed by atoms with Crippen molar-refractivity contribution in [1.29, 1.82) is 0 Å². The maximum atomic E-state index is 5.90. The van der Waals surface area contributed by atoms with Crippen molar-refractivity contribution in [2.24, 2.45) is 22.7 Å². The summed E-state index contributed by atoms with van der Waals surface area (Å²) >= 11 is 0. The summed E-state index contributed by atoms with van der Waals surface area (Å²) < 4.78 is 5.90. The number of hydrogen-bond donors (Lipinski definition) is 2. The summed E-state index contributed by atoms with van der Waals surface area (Å²) in [7, 11) is 0. The first-order valence-electron chi connectivity index (χ1n) is 7.81. The molecule has 3 heterocycles. The average molecular weight is 250 g/mol. The zero-order chi connectivity index (χ0) is 12.1. The van der Waals surface area contributed by atoms with Gasteiger partial charge in [-0.3, -0.25) is 0 Å². The predicted octanol–water partition coefficient (Wildman–Crippen LogP) is 1.39. The highest BCUT2D eigenvalue weighted by atomic mass is 16.5. The Morgan fingerprint density at radius 2 is 2.00 bits per heavy atom. The molecule has 4 aliphatic rings. The van der Waals surface area contributed by atoms with Gasteiger partial charge in [0, 0.05) is 18.5 Å². The van der Waals surface area contributed by atoms with E-state index in [1.54, 1.807) is 0 Å². The summed E-state index contributed by atoms with van der Waals surface area (Å²) in [6.45, 7) is 6.93. The fourth-order valence-corrected chi connectivity index (χ4v) is 5.08. The lowest BCUT2D eigenvalue weighted by atomic mass is 9.58. The van der Waals surface area contributed by atoms with E-state index in [4.69, 9.17) is 4.74 Å². The minimum absolute atomic E-state index is 0.481. The predicted molar refractivity (Wildman–Crippen MR) is 71.5 cm³/mol. The molecule has 1 aliphatic carbocycles. The summed E-state index contributed by atoms with van der Waals surface area (Å²) in [5.74, 6) is 1.67. The lowest BCUT2D eigenvalue weighted by Crippen LogP contribution is -2.52. The van der Waals surface area contributed by atoms with Crippen LogP contribution in [-0.4, -0.2) is 39.4 Å². The first-order valence-corrected chi connectivity index (χ1v) is 7.81. The highest BCUT2D eigenvalue weighted by Crippen LogP contribution is 2.52. The molecule has 2 spiro atoms. The topological polar surface area (TPSA) is 33.3 Å². The minimum Gasteiger partial charge on any atom is -0.380 e. The van der Waals surface area contributed by atoms with Crippen LogP contribution in [0.1, 0.15) is 32.1 Å². The van der Waals surface area contributed by atoms with Crippen molar-refractivity contribution in [3.05, 3.63) is 0 Å². The van der Waals surface area contributed by atoms with Crippen LogP contribution in [0.3, 0.4) is 0 Å². The number of ether oxygens (including phenoxy) is 1. The molecule has 3 saturated heterocycles. The fourth-order valence-electron chi connectivity index (χ4n) is 5.08. The van der Waals surface area contributed by atoms with Crippen molar-refractivity contribution < 1.29 is 4.74 Å². The molecule has 4 fully saturated rings. The van der Waals surface area contributed by atoms with Gasteiger partial charge in [0.1, 0.15) is 0 Å². The van der Waals surface area contributed by atoms with E-state index < -0.39 is 0 Å². The molecule has 3 atom stereocenters. The smallest absolute Gasteiger partial charge is 0.0538 e. The highest BCUT2D eigenvalue weighted by Gasteiger charge is 2.52. The van der Waals surface area contributed by atoms with Crippen LogP contribution in [-0.2, 0) is 4.74 Å². The second kappa shape index (κ2) is 4.19. The molecule has 3 unspecified atom stereocenters. The molecule has 2 N–H and O–H groups in total. The van der Waals surface area contributed by atoms with Gasteiger partial charge in [0.25, 0.3) is 0 Å². The van der Waals surface area contributed by atoms with Crippen LogP contribution >= 0.6 is 0 Å². The monoisotopic (exact) mass is 250 g/mol. The lowest BCUT2D eigenvalue weighted by molar-refractivity contribution is 0.0236. The molecule has 0 radical (unpaired) electrons. The number of rotatable bonds is 1. The van der Waals surface area contributed by atoms with Gasteiger partial charge in [0.2, 0.25) is 0 Å². The molecule has 4 rings (SSSR count). The zero-order valence-electron chi connectivity index (χ0n) is 11.3. The van der Waals surface area contributed by atoms with E-state index in [9.17, 15) is 0 Å². The van der Waals surface area contributed by atoms with Crippen molar-refractivity contribution in [3.8, 4) is 0 Å². The molecule has 3 nitrogen and oxygen atoms in total. The van der Waals surface area contributed by atoms with E-state index in [0.717, 1.165) is 25.0 Å². The van der Waals surface area contributed by atoms with Gasteiger partial charge in [-0.25, -0.2) is 0 Å². The maximum Gasteiger partial charge on any atom is 0.0538 e. The minimum atomic E-state index is 0.481. The molecular formula is C15H26N2O. The van der Waals surface area contributed by atoms with Crippen LogP contribution < -0.4 is 10.6 Å². The Hall–Kier alpha value is -0.120. The maximum absolute atomic E-state index is 5.90. The summed E-state index contributed by atoms with van der Waals surface area (Å²) in [6, 6.07) is 0. The van der Waals surface area contributed by atoms with Crippen LogP contribution in [0.5, 0.6) is 0 Å². The van der Waals surface area contributed by atoms with Crippen molar-refractivity contribution in [1.82, 2.24) is 10.6 Å². The molecule has 1 saturated carbocycles. The third-order valence-corrected chi connectivity index (χ3v) is 6.34. The Bertz CT molecular complexity index is 315. The largest absolute Gasteiger partial charge is 0.380 e. The normalized spacial score (nSPS) is 46.7. The quantitative estimate of drug-likeness (QED) is 0.738. The highest BCUT2D eigenvalue weighted by molar-refractivity contribution is 5.03. The number of hydrogen-bond acceptors (Lipinski definition) is 3. The van der Waals surface area contributed by atoms with Gasteiger partial charge in [0.05, 0.1) is 13.2 Å². The van der Waals surface area contributed by atoms with Gasteiger partial charge in [-0.15, -0.1) is 0 Å². The van der Waals surface area contributed by atoms with Gasteiger partial charge in [-0.1, -0.05) is 6.42 Å². The molecule has 0 aromatic carbocycles. The summed E-state index contributed by atoms with van der Waals surface area (Å²) in [4.78, 5) is 0. The van der Waals surface area contributed by atoms with Crippen molar-refractivity contribution in [3.63, 3.8) is 0 Å². The van der Waals surface area contributed by atoms with E-state index in [2.05, 4.69) is 10.6 Å². The first kappa shape index (κ1) is 11.7. The molecule has 0 bridgehead atoms. The Morgan fingerprint density at radius 1 is 1.06 bits per heavy atom. The third kappa shape index (κ3) is 1.67. The Labute approximate surface area is 110 Å². The van der Waals surface area contributed by atoms with Gasteiger partial charge < -0.3 is 15.4 Å². The van der Waals surface area contributed by atoms with E-state index in [0.29, 0.717) is 10.8 Å². The van der Waals surface area contributed by atoms with E-state index in [-0.39, 0.29) is 0 Å². The van der Waals surface area contributed by atoms with Crippen molar-refractivity contribution in [2.45, 2.75) is 32.1 Å². The SMILES string of the molecule is C1CC2(C1)CNCC(C1COCC13CCNC3)C2. The second-order valence-electron chi connectivity index (χ2n) is 7.36. The molecule has 0 aromatic rings. The van der Waals surface area contributed by atoms with Gasteiger partial charge in [0.15, 0.2) is 0 Å². The van der Waals surface area contributed by atoms with Crippen LogP contribution in [0.4, 0.5) is 0 Å². The molecule has 3 heteroatoms. The number of piperidine rings is 1. The van der Waals surface area contributed by atoms with E-state index >= 15 is 0 Å². The Balaban J connectivity index is 1.51. The lowest BCUT2D eigenvalue weighted by Gasteiger charge is -2.50. The third-order valence-electron chi connectivity index (χ3n) is 6.34. The fraction of sp³-hybridized carbons (Fsp3) is 1.00. The van der Waals surface area contributed by atoms with Gasteiger partial charge in [-0.2, -0.15) is 0 Å². The second-order valence-corrected chi connectivity index (χ2v) is 7.36. The van der Waals surface area contributed by atoms with E-state index in [1.165, 1.54) is 58.3 Å². The summed E-state index contributed by atoms with van der Waals surface area (Å²) in [5.41, 5.74) is 1.16. The standard InChI is InChI=1S/C15H26N2O/c1-2-14(3-1)6-12(7-17-9-14)13-8-18-11-15(13)4-5-16-10-15/h12-13,16-17H,1-11H2. The summed E-state index contributed by atoms with van der Waals surface area (Å²) in [6.07, 6.45) is 7.20. The zero-order valence-corrected chi connectivity index (χ0v) is 11.3. The van der Waals surface area contributed by atoms with Crippen LogP contribution in [0.2, 0.25) is 0 Å². The van der Waals surface area contributed by atoms with Crippen LogP contribution in [0.15, 0.2) is 0 Å². The Kier molecular flexibility index (Phi) is 2.72. The average Bonchev–Trinajstić information content (AvgIpc) is 2.99. The molecule has 102 valence electrons. The first-order chi connectivity index (χ1) is 8.82. The summed E-state index contributed by atoms with van der Waals surface area (Å²) in [5, 5.41) is 7.31. The van der Waals surface area contributed by atoms with Crippen LogP contribution in [0.25, 0.3) is 0 Å². The number of nitrogens with one attached hydrogen (secondary N) is 2. The van der Waals surface area contributed by atoms with Crippen molar-refractivity contribution >= 4 is 0 Å². The molecule has 0 aromatic heterocycles. The molecule has 0 amide bonds. The van der Waals surface area contributed by atoms with Crippen molar-refractivity contribution in [2.75, 3.05) is 39.4 Å². The molecule has 3 aliphatic heterocycles. The van der Waals surface area contributed by atoms with Gasteiger partial charge >= 0.3 is 0 Å². The van der Waals surface area contributed by atoms with Crippen LogP contribution in [0, 0.1) is 22.7 Å². The molecular weight excluding hydrogens is 224 g/mol. The molecule has 18 heavy (non-hydrogen) atoms.